The van der Waals surface area contributed by atoms with Crippen LogP contribution in [0.3, 0.4) is 0 Å². The van der Waals surface area contributed by atoms with E-state index in [0.29, 0.717) is 18.7 Å². The van der Waals surface area contributed by atoms with Gasteiger partial charge in [-0.15, -0.1) is 0 Å². The van der Waals surface area contributed by atoms with Crippen LogP contribution >= 0.6 is 0 Å². The quantitative estimate of drug-likeness (QED) is 0.701. The second-order valence-electron chi connectivity index (χ2n) is 3.20. The van der Waals surface area contributed by atoms with Crippen molar-refractivity contribution in [1.82, 2.24) is 5.32 Å². The van der Waals surface area contributed by atoms with Crippen LogP contribution in [0.5, 0.6) is 5.75 Å². The van der Waals surface area contributed by atoms with Crippen molar-refractivity contribution in [2.24, 2.45) is 0 Å². The van der Waals surface area contributed by atoms with E-state index < -0.39 is 0 Å². The summed E-state index contributed by atoms with van der Waals surface area (Å²) in [7, 11) is 0. The topological polar surface area (TPSA) is 41.5 Å². The number of halogens is 1. The van der Waals surface area contributed by atoms with Gasteiger partial charge in [0.1, 0.15) is 6.61 Å². The highest BCUT2D eigenvalue weighted by Gasteiger charge is 2.20. The van der Waals surface area contributed by atoms with Crippen molar-refractivity contribution in [2.45, 2.75) is 6.04 Å². The molecule has 2 rings (SSSR count). The summed E-state index contributed by atoms with van der Waals surface area (Å²) < 4.78 is 18.6. The van der Waals surface area contributed by atoms with Crippen LogP contribution in [0.25, 0.3) is 0 Å². The third-order valence-electron chi connectivity index (χ3n) is 2.29. The number of fused-ring (bicyclic) bond motifs is 1. The molecule has 0 radical (unpaired) electrons. The molecule has 1 aromatic rings. The van der Waals surface area contributed by atoms with Gasteiger partial charge in [0, 0.05) is 12.1 Å². The summed E-state index contributed by atoms with van der Waals surface area (Å²) in [6.07, 6.45) is 0. The number of benzene rings is 1. The van der Waals surface area contributed by atoms with Gasteiger partial charge < -0.3 is 15.2 Å². The van der Waals surface area contributed by atoms with Crippen molar-refractivity contribution in [3.05, 3.63) is 29.6 Å². The summed E-state index contributed by atoms with van der Waals surface area (Å²) in [6.45, 7) is 0.976. The lowest BCUT2D eigenvalue weighted by molar-refractivity contribution is 0.245. The molecule has 2 N–H and O–H groups in total. The zero-order chi connectivity index (χ0) is 9.97. The number of ether oxygens (including phenoxy) is 1. The minimum absolute atomic E-state index is 0.0557. The highest BCUT2D eigenvalue weighted by molar-refractivity contribution is 5.38. The molecule has 0 amide bonds. The Morgan fingerprint density at radius 2 is 2.43 bits per heavy atom. The Hall–Kier alpha value is -1.13. The van der Waals surface area contributed by atoms with E-state index in [1.807, 2.05) is 0 Å². The zero-order valence-corrected chi connectivity index (χ0v) is 7.66. The molecule has 0 saturated heterocycles. The van der Waals surface area contributed by atoms with Crippen LogP contribution < -0.4 is 10.1 Å². The maximum atomic E-state index is 13.3. The summed E-state index contributed by atoms with van der Waals surface area (Å²) in [4.78, 5) is 0. The third kappa shape index (κ3) is 1.58. The lowest BCUT2D eigenvalue weighted by Crippen LogP contribution is -2.25. The van der Waals surface area contributed by atoms with Crippen molar-refractivity contribution in [2.75, 3.05) is 19.8 Å². The highest BCUT2D eigenvalue weighted by atomic mass is 19.1. The summed E-state index contributed by atoms with van der Waals surface area (Å²) >= 11 is 0. The molecule has 0 saturated carbocycles. The SMILES string of the molecule is OCC1NCCOc2c(F)cccc21. The van der Waals surface area contributed by atoms with Gasteiger partial charge in [-0.1, -0.05) is 12.1 Å². The molecule has 0 aromatic heterocycles. The largest absolute Gasteiger partial charge is 0.489 e. The van der Waals surface area contributed by atoms with Gasteiger partial charge in [-0.2, -0.15) is 0 Å². The van der Waals surface area contributed by atoms with E-state index in [9.17, 15) is 4.39 Å². The zero-order valence-electron chi connectivity index (χ0n) is 7.66. The molecule has 1 atom stereocenters. The van der Waals surface area contributed by atoms with Gasteiger partial charge in [-0.3, -0.25) is 0 Å². The predicted molar refractivity (Wildman–Crippen MR) is 49.7 cm³/mol. The maximum absolute atomic E-state index is 13.3. The number of nitrogens with one attached hydrogen (secondary N) is 1. The second-order valence-corrected chi connectivity index (χ2v) is 3.20. The monoisotopic (exact) mass is 197 g/mol. The van der Waals surface area contributed by atoms with Gasteiger partial charge in [-0.05, 0) is 6.07 Å². The average molecular weight is 197 g/mol. The van der Waals surface area contributed by atoms with Crippen molar-refractivity contribution in [3.8, 4) is 5.75 Å². The first-order valence-electron chi connectivity index (χ1n) is 4.58. The fraction of sp³-hybridized carbons (Fsp3) is 0.400. The second kappa shape index (κ2) is 3.94. The van der Waals surface area contributed by atoms with E-state index in [2.05, 4.69) is 5.32 Å². The van der Waals surface area contributed by atoms with E-state index in [4.69, 9.17) is 9.84 Å². The van der Waals surface area contributed by atoms with E-state index in [-0.39, 0.29) is 24.2 Å². The number of hydrogen-bond acceptors (Lipinski definition) is 3. The van der Waals surface area contributed by atoms with Crippen molar-refractivity contribution < 1.29 is 14.2 Å². The summed E-state index contributed by atoms with van der Waals surface area (Å²) in [5.41, 5.74) is 0.685. The van der Waals surface area contributed by atoms with Crippen molar-refractivity contribution in [3.63, 3.8) is 0 Å². The van der Waals surface area contributed by atoms with Gasteiger partial charge >= 0.3 is 0 Å². The third-order valence-corrected chi connectivity index (χ3v) is 2.29. The molecule has 1 heterocycles. The van der Waals surface area contributed by atoms with E-state index in [1.54, 1.807) is 12.1 Å². The maximum Gasteiger partial charge on any atom is 0.165 e. The number of hydrogen-bond donors (Lipinski definition) is 2. The fourth-order valence-corrected chi connectivity index (χ4v) is 1.61. The molecule has 1 aromatic carbocycles. The lowest BCUT2D eigenvalue weighted by atomic mass is 10.1. The van der Waals surface area contributed by atoms with E-state index >= 15 is 0 Å². The van der Waals surface area contributed by atoms with Gasteiger partial charge in [0.2, 0.25) is 0 Å². The molecule has 14 heavy (non-hydrogen) atoms. The predicted octanol–water partition coefficient (Wildman–Crippen LogP) is 0.841. The molecule has 0 spiro atoms. The van der Waals surface area contributed by atoms with Crippen molar-refractivity contribution >= 4 is 0 Å². The fourth-order valence-electron chi connectivity index (χ4n) is 1.61. The van der Waals surface area contributed by atoms with Gasteiger partial charge in [-0.25, -0.2) is 4.39 Å². The first-order chi connectivity index (χ1) is 6.83. The number of aliphatic hydroxyl groups is 1. The molecule has 1 aliphatic rings. The molecular formula is C10H12FNO2. The number of aliphatic hydroxyl groups excluding tert-OH is 1. The average Bonchev–Trinajstić information content (AvgIpc) is 2.40. The summed E-state index contributed by atoms with van der Waals surface area (Å²) in [5.74, 6) is -0.110. The minimum atomic E-state index is -0.371. The van der Waals surface area contributed by atoms with Crippen molar-refractivity contribution in [1.29, 1.82) is 0 Å². The van der Waals surface area contributed by atoms with Crippen LogP contribution in [0.1, 0.15) is 11.6 Å². The molecule has 3 nitrogen and oxygen atoms in total. The van der Waals surface area contributed by atoms with Crippen LogP contribution in [0.4, 0.5) is 4.39 Å². The Balaban J connectivity index is 2.44. The molecule has 0 aliphatic carbocycles. The van der Waals surface area contributed by atoms with Crippen LogP contribution in [-0.4, -0.2) is 24.9 Å². The summed E-state index contributed by atoms with van der Waals surface area (Å²) in [6, 6.07) is 4.51. The first-order valence-corrected chi connectivity index (χ1v) is 4.58. The Bertz CT molecular complexity index is 330. The molecule has 1 unspecified atom stereocenters. The molecule has 76 valence electrons. The van der Waals surface area contributed by atoms with Crippen LogP contribution in [0, 0.1) is 5.82 Å². The van der Waals surface area contributed by atoms with Crippen LogP contribution in [-0.2, 0) is 0 Å². The molecule has 0 bridgehead atoms. The number of rotatable bonds is 1. The smallest absolute Gasteiger partial charge is 0.165 e. The van der Waals surface area contributed by atoms with Gasteiger partial charge in [0.05, 0.1) is 12.6 Å². The Morgan fingerprint density at radius 3 is 3.21 bits per heavy atom. The van der Waals surface area contributed by atoms with Crippen LogP contribution in [0.2, 0.25) is 0 Å². The molecule has 1 aliphatic heterocycles. The Kier molecular flexibility index (Phi) is 2.65. The standard InChI is InChI=1S/C10H12FNO2/c11-8-3-1-2-7-9(6-13)12-4-5-14-10(7)8/h1-3,9,12-13H,4-6H2. The molecule has 0 fully saturated rings. The normalized spacial score (nSPS) is 20.9. The minimum Gasteiger partial charge on any atom is -0.489 e. The van der Waals surface area contributed by atoms with Gasteiger partial charge in [0.25, 0.3) is 0 Å². The lowest BCUT2D eigenvalue weighted by Gasteiger charge is -2.14. The number of para-hydroxylation sites is 1. The Morgan fingerprint density at radius 1 is 1.57 bits per heavy atom. The highest BCUT2D eigenvalue weighted by Crippen LogP contribution is 2.29. The Labute approximate surface area is 81.5 Å². The molecule has 4 heteroatoms. The van der Waals surface area contributed by atoms with Gasteiger partial charge in [0.15, 0.2) is 11.6 Å². The van der Waals surface area contributed by atoms with Crippen LogP contribution in [0.15, 0.2) is 18.2 Å². The first kappa shape index (κ1) is 9.43. The molecular weight excluding hydrogens is 185 g/mol. The van der Waals surface area contributed by atoms with E-state index in [0.717, 1.165) is 0 Å². The summed E-state index contributed by atoms with van der Waals surface area (Å²) in [5, 5.41) is 12.2. The van der Waals surface area contributed by atoms with E-state index in [1.165, 1.54) is 6.07 Å².